The van der Waals surface area contributed by atoms with Gasteiger partial charge in [0.25, 0.3) is 0 Å². The fourth-order valence-electron chi connectivity index (χ4n) is 2.83. The summed E-state index contributed by atoms with van der Waals surface area (Å²) in [6, 6.07) is 11.9. The van der Waals surface area contributed by atoms with Gasteiger partial charge in [0.15, 0.2) is 11.5 Å². The molecule has 0 aliphatic carbocycles. The van der Waals surface area contributed by atoms with Crippen LogP contribution in [0.2, 0.25) is 5.02 Å². The molecule has 0 bridgehead atoms. The maximum atomic E-state index is 12.4. The molecular formula is C19H18ClNO5. The van der Waals surface area contributed by atoms with Crippen molar-refractivity contribution < 1.29 is 24.2 Å². The van der Waals surface area contributed by atoms with Gasteiger partial charge in [-0.25, -0.2) is 0 Å². The van der Waals surface area contributed by atoms with Crippen LogP contribution in [0.15, 0.2) is 42.5 Å². The maximum Gasteiger partial charge on any atom is 0.305 e. The van der Waals surface area contributed by atoms with E-state index in [-0.39, 0.29) is 25.5 Å². The monoisotopic (exact) mass is 375 g/mol. The van der Waals surface area contributed by atoms with Crippen LogP contribution in [0.4, 0.5) is 0 Å². The molecule has 1 heterocycles. The molecule has 1 atom stereocenters. The molecule has 2 N–H and O–H groups in total. The van der Waals surface area contributed by atoms with Crippen LogP contribution in [0, 0.1) is 0 Å². The Balaban J connectivity index is 1.65. The topological polar surface area (TPSA) is 84.9 Å². The van der Waals surface area contributed by atoms with Gasteiger partial charge in [-0.05, 0) is 35.7 Å². The normalized spacial score (nSPS) is 13.3. The molecule has 2 aromatic carbocycles. The van der Waals surface area contributed by atoms with Crippen LogP contribution in [0.25, 0.3) is 0 Å². The summed E-state index contributed by atoms with van der Waals surface area (Å²) in [7, 11) is 0. The minimum Gasteiger partial charge on any atom is -0.481 e. The third-order valence-electron chi connectivity index (χ3n) is 4.01. The van der Waals surface area contributed by atoms with Crippen LogP contribution in [0.5, 0.6) is 11.5 Å². The first-order valence-corrected chi connectivity index (χ1v) is 8.52. The average Bonchev–Trinajstić information content (AvgIpc) is 3.04. The molecule has 1 amide bonds. The Labute approximate surface area is 155 Å². The van der Waals surface area contributed by atoms with Crippen LogP contribution in [0.3, 0.4) is 0 Å². The summed E-state index contributed by atoms with van der Waals surface area (Å²) < 4.78 is 10.5. The van der Waals surface area contributed by atoms with Gasteiger partial charge in [-0.1, -0.05) is 35.9 Å². The number of carbonyl (C=O) groups is 2. The molecule has 3 rings (SSSR count). The number of fused-ring (bicyclic) bond motifs is 1. The van der Waals surface area contributed by atoms with Crippen LogP contribution in [-0.2, 0) is 22.4 Å². The second-order valence-electron chi connectivity index (χ2n) is 6.02. The third-order valence-corrected chi connectivity index (χ3v) is 4.38. The number of nitrogens with one attached hydrogen (secondary N) is 1. The first kappa shape index (κ1) is 18.1. The van der Waals surface area contributed by atoms with E-state index < -0.39 is 12.0 Å². The SMILES string of the molecule is O=C(O)C[C@@H](Cc1ccccc1Cl)NC(=O)Cc1ccc2c(c1)OCO2. The molecule has 1 aliphatic heterocycles. The number of hydrogen-bond donors (Lipinski definition) is 2. The molecule has 0 fully saturated rings. The predicted molar refractivity (Wildman–Crippen MR) is 95.6 cm³/mol. The fourth-order valence-corrected chi connectivity index (χ4v) is 3.04. The summed E-state index contributed by atoms with van der Waals surface area (Å²) in [5.41, 5.74) is 1.56. The minimum atomic E-state index is -0.981. The largest absolute Gasteiger partial charge is 0.481 e. The standard InChI is InChI=1S/C19H18ClNO5/c20-15-4-2-1-3-13(15)9-14(10-19(23)24)21-18(22)8-12-5-6-16-17(7-12)26-11-25-16/h1-7,14H,8-11H2,(H,21,22)(H,23,24)/t14-/m1/s1. The Morgan fingerprint density at radius 3 is 2.69 bits per heavy atom. The summed E-state index contributed by atoms with van der Waals surface area (Å²) >= 11 is 6.14. The van der Waals surface area contributed by atoms with E-state index in [9.17, 15) is 9.59 Å². The summed E-state index contributed by atoms with van der Waals surface area (Å²) in [5, 5.41) is 12.5. The minimum absolute atomic E-state index is 0.120. The Morgan fingerprint density at radius 2 is 1.92 bits per heavy atom. The Morgan fingerprint density at radius 1 is 1.15 bits per heavy atom. The number of hydrogen-bond acceptors (Lipinski definition) is 4. The Hall–Kier alpha value is -2.73. The molecule has 26 heavy (non-hydrogen) atoms. The van der Waals surface area contributed by atoms with Crippen LogP contribution >= 0.6 is 11.6 Å². The van der Waals surface area contributed by atoms with Gasteiger partial charge in [0.2, 0.25) is 12.7 Å². The number of benzene rings is 2. The lowest BCUT2D eigenvalue weighted by atomic mass is 10.0. The maximum absolute atomic E-state index is 12.4. The zero-order valence-electron chi connectivity index (χ0n) is 13.9. The van der Waals surface area contributed by atoms with Crippen molar-refractivity contribution in [2.75, 3.05) is 6.79 Å². The molecule has 1 aliphatic rings. The van der Waals surface area contributed by atoms with Gasteiger partial charge in [-0.3, -0.25) is 9.59 Å². The number of rotatable bonds is 7. The highest BCUT2D eigenvalue weighted by Crippen LogP contribution is 2.32. The van der Waals surface area contributed by atoms with Crippen molar-refractivity contribution in [3.05, 3.63) is 58.6 Å². The average molecular weight is 376 g/mol. The number of carboxylic acids is 1. The van der Waals surface area contributed by atoms with E-state index in [0.717, 1.165) is 11.1 Å². The molecule has 136 valence electrons. The van der Waals surface area contributed by atoms with Gasteiger partial charge in [0.1, 0.15) is 0 Å². The summed E-state index contributed by atoms with van der Waals surface area (Å²) in [5.74, 6) is 0.0117. The number of aliphatic carboxylic acids is 1. The van der Waals surface area contributed by atoms with Crippen LogP contribution in [-0.4, -0.2) is 29.8 Å². The highest BCUT2D eigenvalue weighted by molar-refractivity contribution is 6.31. The van der Waals surface area contributed by atoms with Crippen molar-refractivity contribution in [1.82, 2.24) is 5.32 Å². The van der Waals surface area contributed by atoms with Crippen LogP contribution < -0.4 is 14.8 Å². The van der Waals surface area contributed by atoms with Crippen molar-refractivity contribution in [3.8, 4) is 11.5 Å². The van der Waals surface area contributed by atoms with E-state index >= 15 is 0 Å². The molecule has 0 saturated carbocycles. The molecule has 6 nitrogen and oxygen atoms in total. The van der Waals surface area contributed by atoms with Crippen molar-refractivity contribution in [3.63, 3.8) is 0 Å². The Kier molecular flexibility index (Phi) is 5.63. The highest BCUT2D eigenvalue weighted by atomic mass is 35.5. The summed E-state index contributed by atoms with van der Waals surface area (Å²) in [6.07, 6.45) is 0.284. The lowest BCUT2D eigenvalue weighted by Crippen LogP contribution is -2.39. The number of carbonyl (C=O) groups excluding carboxylic acids is 1. The molecular weight excluding hydrogens is 358 g/mol. The number of amides is 1. The van der Waals surface area contributed by atoms with Crippen LogP contribution in [0.1, 0.15) is 17.5 Å². The van der Waals surface area contributed by atoms with Gasteiger partial charge in [0.05, 0.1) is 12.8 Å². The van der Waals surface area contributed by atoms with E-state index in [1.807, 2.05) is 12.1 Å². The summed E-state index contributed by atoms with van der Waals surface area (Å²) in [4.78, 5) is 23.5. The van der Waals surface area contributed by atoms with Crippen molar-refractivity contribution in [2.24, 2.45) is 0 Å². The van der Waals surface area contributed by atoms with Crippen molar-refractivity contribution >= 4 is 23.5 Å². The molecule has 7 heteroatoms. The van der Waals surface area contributed by atoms with Gasteiger partial charge in [-0.15, -0.1) is 0 Å². The van der Waals surface area contributed by atoms with Crippen molar-refractivity contribution in [2.45, 2.75) is 25.3 Å². The lowest BCUT2D eigenvalue weighted by molar-refractivity contribution is -0.137. The Bertz CT molecular complexity index is 823. The number of ether oxygens (including phenoxy) is 2. The third kappa shape index (κ3) is 4.67. The predicted octanol–water partition coefficient (Wildman–Crippen LogP) is 2.81. The number of halogens is 1. The fraction of sp³-hybridized carbons (Fsp3) is 0.263. The first-order valence-electron chi connectivity index (χ1n) is 8.14. The molecule has 0 radical (unpaired) electrons. The highest BCUT2D eigenvalue weighted by Gasteiger charge is 2.19. The second-order valence-corrected chi connectivity index (χ2v) is 6.43. The van der Waals surface area contributed by atoms with Gasteiger partial charge in [-0.2, -0.15) is 0 Å². The molecule has 0 saturated heterocycles. The second kappa shape index (κ2) is 8.10. The van der Waals surface area contributed by atoms with Gasteiger partial charge in [0, 0.05) is 11.1 Å². The lowest BCUT2D eigenvalue weighted by Gasteiger charge is -2.18. The molecule has 0 unspecified atom stereocenters. The molecule has 2 aromatic rings. The van der Waals surface area contributed by atoms with E-state index in [1.54, 1.807) is 30.3 Å². The van der Waals surface area contributed by atoms with Crippen molar-refractivity contribution in [1.29, 1.82) is 0 Å². The van der Waals surface area contributed by atoms with E-state index in [4.69, 9.17) is 26.2 Å². The first-order chi connectivity index (χ1) is 12.5. The zero-order chi connectivity index (χ0) is 18.5. The molecule has 0 spiro atoms. The zero-order valence-corrected chi connectivity index (χ0v) is 14.7. The summed E-state index contributed by atoms with van der Waals surface area (Å²) in [6.45, 7) is 0.170. The smallest absolute Gasteiger partial charge is 0.305 e. The van der Waals surface area contributed by atoms with Gasteiger partial charge < -0.3 is 19.9 Å². The van der Waals surface area contributed by atoms with E-state index in [2.05, 4.69) is 5.32 Å². The number of carboxylic acid groups (broad SMARTS) is 1. The van der Waals surface area contributed by atoms with Gasteiger partial charge >= 0.3 is 5.97 Å². The molecule has 0 aromatic heterocycles. The van der Waals surface area contributed by atoms with E-state index in [1.165, 1.54) is 0 Å². The quantitative estimate of drug-likeness (QED) is 0.777. The van der Waals surface area contributed by atoms with E-state index in [0.29, 0.717) is 22.9 Å².